The fourth-order valence-electron chi connectivity index (χ4n) is 0.556. The van der Waals surface area contributed by atoms with Crippen molar-refractivity contribution in [3.05, 3.63) is 23.5 Å². The number of hydrogen-bond acceptors (Lipinski definition) is 2. The van der Waals surface area contributed by atoms with Gasteiger partial charge in [-0.3, -0.25) is 0 Å². The molecule has 0 atom stereocenters. The summed E-state index contributed by atoms with van der Waals surface area (Å²) >= 11 is 5.33. The van der Waals surface area contributed by atoms with Crippen LogP contribution >= 0.6 is 11.6 Å². The van der Waals surface area contributed by atoms with Gasteiger partial charge >= 0.3 is 6.36 Å². The molecule has 0 radical (unpaired) electrons. The summed E-state index contributed by atoms with van der Waals surface area (Å²) in [6.45, 7) is 0. The second-order valence-corrected chi connectivity index (χ2v) is 2.25. The van der Waals surface area contributed by atoms with Crippen LogP contribution in [0, 0.1) is 0 Å². The third-order valence-electron chi connectivity index (χ3n) is 0.934. The lowest BCUT2D eigenvalue weighted by Gasteiger charge is -2.07. The standard InChI is InChI=1S/C6H3ClF3NO/c7-5-2-1-4(3-11-5)12-6(8,9)10/h1-3H. The molecule has 0 fully saturated rings. The van der Waals surface area contributed by atoms with E-state index in [2.05, 4.69) is 9.72 Å². The molecule has 0 spiro atoms. The van der Waals surface area contributed by atoms with Gasteiger partial charge in [-0.1, -0.05) is 11.6 Å². The zero-order chi connectivity index (χ0) is 9.19. The quantitative estimate of drug-likeness (QED) is 0.646. The molecule has 6 heteroatoms. The summed E-state index contributed by atoms with van der Waals surface area (Å²) in [5.74, 6) is -0.382. The molecule has 12 heavy (non-hydrogen) atoms. The van der Waals surface area contributed by atoms with Gasteiger partial charge in [-0.05, 0) is 12.1 Å². The maximum atomic E-state index is 11.6. The number of alkyl halides is 3. The van der Waals surface area contributed by atoms with Crippen molar-refractivity contribution in [3.8, 4) is 5.75 Å². The normalized spacial score (nSPS) is 11.3. The summed E-state index contributed by atoms with van der Waals surface area (Å²) in [6, 6.07) is 2.30. The van der Waals surface area contributed by atoms with Crippen molar-refractivity contribution in [1.29, 1.82) is 0 Å². The van der Waals surface area contributed by atoms with Gasteiger partial charge in [-0.2, -0.15) is 0 Å². The molecule has 0 N–H and O–H groups in total. The van der Waals surface area contributed by atoms with Crippen LogP contribution in [-0.4, -0.2) is 11.3 Å². The number of aromatic nitrogens is 1. The molecular formula is C6H3ClF3NO. The molecule has 0 aliphatic carbocycles. The molecule has 0 bridgehead atoms. The molecule has 0 unspecified atom stereocenters. The van der Waals surface area contributed by atoms with E-state index >= 15 is 0 Å². The van der Waals surface area contributed by atoms with Crippen molar-refractivity contribution < 1.29 is 17.9 Å². The topological polar surface area (TPSA) is 22.1 Å². The molecule has 2 nitrogen and oxygen atoms in total. The average Bonchev–Trinajstić information content (AvgIpc) is 1.91. The molecule has 1 aromatic rings. The smallest absolute Gasteiger partial charge is 0.404 e. The maximum Gasteiger partial charge on any atom is 0.573 e. The maximum absolute atomic E-state index is 11.6. The van der Waals surface area contributed by atoms with Crippen LogP contribution in [0.3, 0.4) is 0 Å². The SMILES string of the molecule is FC(F)(F)Oc1ccc(Cl)nc1. The Kier molecular flexibility index (Phi) is 2.42. The predicted octanol–water partition coefficient (Wildman–Crippen LogP) is 2.63. The minimum absolute atomic E-state index is 0.115. The van der Waals surface area contributed by atoms with E-state index in [4.69, 9.17) is 11.6 Å². The van der Waals surface area contributed by atoms with Crippen LogP contribution in [0.5, 0.6) is 5.75 Å². The van der Waals surface area contributed by atoms with Crippen LogP contribution in [0.25, 0.3) is 0 Å². The molecule has 0 saturated heterocycles. The fraction of sp³-hybridized carbons (Fsp3) is 0.167. The highest BCUT2D eigenvalue weighted by Crippen LogP contribution is 2.22. The van der Waals surface area contributed by atoms with E-state index in [0.717, 1.165) is 12.3 Å². The largest absolute Gasteiger partial charge is 0.573 e. The zero-order valence-electron chi connectivity index (χ0n) is 5.60. The lowest BCUT2D eigenvalue weighted by Crippen LogP contribution is -2.17. The minimum atomic E-state index is -4.69. The first-order valence-electron chi connectivity index (χ1n) is 2.85. The summed E-state index contributed by atoms with van der Waals surface area (Å²) < 4.78 is 38.2. The van der Waals surface area contributed by atoms with Crippen molar-refractivity contribution in [2.24, 2.45) is 0 Å². The van der Waals surface area contributed by atoms with Crippen molar-refractivity contribution >= 4 is 11.6 Å². The highest BCUT2D eigenvalue weighted by Gasteiger charge is 2.31. The van der Waals surface area contributed by atoms with E-state index in [1.165, 1.54) is 6.07 Å². The first-order chi connectivity index (χ1) is 5.47. The van der Waals surface area contributed by atoms with Crippen LogP contribution in [0.2, 0.25) is 5.15 Å². The Morgan fingerprint density at radius 2 is 2.00 bits per heavy atom. The Balaban J connectivity index is 2.71. The van der Waals surface area contributed by atoms with Crippen LogP contribution in [-0.2, 0) is 0 Å². The van der Waals surface area contributed by atoms with E-state index < -0.39 is 6.36 Å². The van der Waals surface area contributed by atoms with Crippen LogP contribution < -0.4 is 4.74 Å². The van der Waals surface area contributed by atoms with Crippen LogP contribution in [0.1, 0.15) is 0 Å². The van der Waals surface area contributed by atoms with Gasteiger partial charge in [0.05, 0.1) is 6.20 Å². The van der Waals surface area contributed by atoms with Crippen molar-refractivity contribution in [1.82, 2.24) is 4.98 Å². The van der Waals surface area contributed by atoms with Crippen molar-refractivity contribution in [2.45, 2.75) is 6.36 Å². The Labute approximate surface area is 70.9 Å². The van der Waals surface area contributed by atoms with E-state index in [1.54, 1.807) is 0 Å². The predicted molar refractivity (Wildman–Crippen MR) is 35.9 cm³/mol. The van der Waals surface area contributed by atoms with E-state index in [0.29, 0.717) is 0 Å². The van der Waals surface area contributed by atoms with Crippen LogP contribution in [0.4, 0.5) is 13.2 Å². The first kappa shape index (κ1) is 9.12. The van der Waals surface area contributed by atoms with Gasteiger partial charge in [-0.15, -0.1) is 13.2 Å². The lowest BCUT2D eigenvalue weighted by molar-refractivity contribution is -0.274. The second-order valence-electron chi connectivity index (χ2n) is 1.86. The van der Waals surface area contributed by atoms with Gasteiger partial charge in [0.25, 0.3) is 0 Å². The third-order valence-corrected chi connectivity index (χ3v) is 1.16. The van der Waals surface area contributed by atoms with Gasteiger partial charge in [0.1, 0.15) is 10.9 Å². The van der Waals surface area contributed by atoms with Gasteiger partial charge < -0.3 is 4.74 Å². The minimum Gasteiger partial charge on any atom is -0.404 e. The molecule has 66 valence electrons. The number of nitrogens with zero attached hydrogens (tertiary/aromatic N) is 1. The van der Waals surface area contributed by atoms with Gasteiger partial charge in [0.15, 0.2) is 0 Å². The lowest BCUT2D eigenvalue weighted by atomic mass is 10.5. The molecule has 0 aliphatic rings. The second kappa shape index (κ2) is 3.18. The Hall–Kier alpha value is -0.970. The molecular weight excluding hydrogens is 195 g/mol. The van der Waals surface area contributed by atoms with Gasteiger partial charge in [-0.25, -0.2) is 4.98 Å². The molecule has 0 aromatic carbocycles. The number of halogens is 4. The Bertz CT molecular complexity index is 258. The summed E-state index contributed by atoms with van der Waals surface area (Å²) in [5, 5.41) is 0.115. The van der Waals surface area contributed by atoms with E-state index in [1.807, 2.05) is 0 Å². The fourth-order valence-corrected chi connectivity index (χ4v) is 0.668. The molecule has 0 aliphatic heterocycles. The summed E-state index contributed by atoms with van der Waals surface area (Å²) in [4.78, 5) is 3.40. The third kappa shape index (κ3) is 2.96. The Morgan fingerprint density at radius 1 is 1.33 bits per heavy atom. The summed E-state index contributed by atoms with van der Waals surface area (Å²) in [6.07, 6.45) is -3.79. The zero-order valence-corrected chi connectivity index (χ0v) is 6.36. The van der Waals surface area contributed by atoms with Gasteiger partial charge in [0, 0.05) is 0 Å². The molecule has 0 amide bonds. The first-order valence-corrected chi connectivity index (χ1v) is 3.22. The van der Waals surface area contributed by atoms with Crippen molar-refractivity contribution in [2.75, 3.05) is 0 Å². The summed E-state index contributed by atoms with van der Waals surface area (Å²) in [5.41, 5.74) is 0. The average molecular weight is 198 g/mol. The molecule has 1 aromatic heterocycles. The monoisotopic (exact) mass is 197 g/mol. The molecule has 0 saturated carbocycles. The molecule has 1 heterocycles. The molecule has 1 rings (SSSR count). The Morgan fingerprint density at radius 3 is 2.42 bits per heavy atom. The number of rotatable bonds is 1. The number of ether oxygens (including phenoxy) is 1. The highest BCUT2D eigenvalue weighted by molar-refractivity contribution is 6.29. The van der Waals surface area contributed by atoms with Crippen molar-refractivity contribution in [3.63, 3.8) is 0 Å². The van der Waals surface area contributed by atoms with E-state index in [-0.39, 0.29) is 10.9 Å². The summed E-state index contributed by atoms with van der Waals surface area (Å²) in [7, 11) is 0. The van der Waals surface area contributed by atoms with Crippen LogP contribution in [0.15, 0.2) is 18.3 Å². The number of pyridine rings is 1. The van der Waals surface area contributed by atoms with E-state index in [9.17, 15) is 13.2 Å². The number of hydrogen-bond donors (Lipinski definition) is 0. The van der Waals surface area contributed by atoms with Gasteiger partial charge in [0.2, 0.25) is 0 Å². The highest BCUT2D eigenvalue weighted by atomic mass is 35.5.